The van der Waals surface area contributed by atoms with Gasteiger partial charge in [0.1, 0.15) is 0 Å². The summed E-state index contributed by atoms with van der Waals surface area (Å²) in [5.74, 6) is 0. The first-order chi connectivity index (χ1) is 6.38. The maximum Gasteiger partial charge on any atom is 0.0575 e. The fourth-order valence-electron chi connectivity index (χ4n) is 2.02. The Bertz CT molecular complexity index is 258. The second kappa shape index (κ2) is 3.88. The molecule has 0 aliphatic carbocycles. The molecule has 1 aliphatic heterocycles. The lowest BCUT2D eigenvalue weighted by Crippen LogP contribution is -2.30. The zero-order valence-corrected chi connectivity index (χ0v) is 8.11. The summed E-state index contributed by atoms with van der Waals surface area (Å²) in [6.07, 6.45) is 5.82. The SMILES string of the molecule is CN1CCCCC1c1ccccn1. The Labute approximate surface area is 79.6 Å². The number of piperidine rings is 1. The first-order valence-electron chi connectivity index (χ1n) is 4.99. The van der Waals surface area contributed by atoms with Crippen LogP contribution in [0.25, 0.3) is 0 Å². The average molecular weight is 176 g/mol. The van der Waals surface area contributed by atoms with E-state index in [-0.39, 0.29) is 0 Å². The minimum atomic E-state index is 0.551. The van der Waals surface area contributed by atoms with Gasteiger partial charge in [-0.15, -0.1) is 0 Å². The maximum atomic E-state index is 4.41. The average Bonchev–Trinajstić information content (AvgIpc) is 2.20. The Hall–Kier alpha value is -0.890. The van der Waals surface area contributed by atoms with E-state index in [1.54, 1.807) is 0 Å². The van der Waals surface area contributed by atoms with E-state index in [1.807, 2.05) is 12.3 Å². The first kappa shape index (κ1) is 8.70. The highest BCUT2D eigenvalue weighted by atomic mass is 15.1. The van der Waals surface area contributed by atoms with Crippen molar-refractivity contribution in [2.45, 2.75) is 25.3 Å². The van der Waals surface area contributed by atoms with E-state index in [0.717, 1.165) is 0 Å². The molecule has 1 aromatic rings. The van der Waals surface area contributed by atoms with Crippen molar-refractivity contribution in [2.24, 2.45) is 0 Å². The lowest BCUT2D eigenvalue weighted by molar-refractivity contribution is 0.183. The number of hydrogen-bond donors (Lipinski definition) is 0. The van der Waals surface area contributed by atoms with Gasteiger partial charge < -0.3 is 0 Å². The molecule has 2 heterocycles. The highest BCUT2D eigenvalue weighted by Gasteiger charge is 2.20. The summed E-state index contributed by atoms with van der Waals surface area (Å²) in [5, 5.41) is 0. The van der Waals surface area contributed by atoms with Crippen molar-refractivity contribution in [3.8, 4) is 0 Å². The summed E-state index contributed by atoms with van der Waals surface area (Å²) in [6.45, 7) is 1.21. The second-order valence-electron chi connectivity index (χ2n) is 3.75. The van der Waals surface area contributed by atoms with Gasteiger partial charge in [0, 0.05) is 6.20 Å². The predicted molar refractivity (Wildman–Crippen MR) is 53.5 cm³/mol. The molecule has 0 amide bonds. The molecule has 0 bridgehead atoms. The van der Waals surface area contributed by atoms with Gasteiger partial charge in [0.25, 0.3) is 0 Å². The molecule has 13 heavy (non-hydrogen) atoms. The normalized spacial score (nSPS) is 24.5. The Morgan fingerprint density at radius 2 is 2.31 bits per heavy atom. The predicted octanol–water partition coefficient (Wildman–Crippen LogP) is 2.24. The van der Waals surface area contributed by atoms with Crippen molar-refractivity contribution >= 4 is 0 Å². The van der Waals surface area contributed by atoms with E-state index >= 15 is 0 Å². The van der Waals surface area contributed by atoms with E-state index in [1.165, 1.54) is 31.5 Å². The number of pyridine rings is 1. The molecule has 70 valence electrons. The Morgan fingerprint density at radius 1 is 1.38 bits per heavy atom. The van der Waals surface area contributed by atoms with Gasteiger partial charge in [0.2, 0.25) is 0 Å². The number of nitrogens with zero attached hydrogens (tertiary/aromatic N) is 2. The van der Waals surface area contributed by atoms with Crippen LogP contribution in [0.2, 0.25) is 0 Å². The van der Waals surface area contributed by atoms with Crippen LogP contribution < -0.4 is 0 Å². The van der Waals surface area contributed by atoms with Crippen molar-refractivity contribution in [1.29, 1.82) is 0 Å². The third kappa shape index (κ3) is 1.89. The number of aromatic nitrogens is 1. The summed E-state index contributed by atoms with van der Waals surface area (Å²) in [6, 6.07) is 6.73. The van der Waals surface area contributed by atoms with Gasteiger partial charge in [-0.2, -0.15) is 0 Å². The Kier molecular flexibility index (Phi) is 2.60. The van der Waals surface area contributed by atoms with Crippen LogP contribution in [0, 0.1) is 0 Å². The van der Waals surface area contributed by atoms with Gasteiger partial charge in [-0.25, -0.2) is 0 Å². The van der Waals surface area contributed by atoms with Gasteiger partial charge in [-0.05, 0) is 38.6 Å². The zero-order chi connectivity index (χ0) is 9.10. The summed E-state index contributed by atoms with van der Waals surface area (Å²) in [7, 11) is 2.19. The van der Waals surface area contributed by atoms with E-state index in [4.69, 9.17) is 0 Å². The summed E-state index contributed by atoms with van der Waals surface area (Å²) < 4.78 is 0. The third-order valence-electron chi connectivity index (χ3n) is 2.80. The topological polar surface area (TPSA) is 16.1 Å². The van der Waals surface area contributed by atoms with Crippen LogP contribution in [0.1, 0.15) is 31.0 Å². The van der Waals surface area contributed by atoms with E-state index in [9.17, 15) is 0 Å². The van der Waals surface area contributed by atoms with E-state index in [0.29, 0.717) is 6.04 Å². The molecule has 1 aromatic heterocycles. The van der Waals surface area contributed by atoms with Crippen molar-refractivity contribution < 1.29 is 0 Å². The summed E-state index contributed by atoms with van der Waals surface area (Å²) in [4.78, 5) is 6.82. The van der Waals surface area contributed by atoms with Crippen LogP contribution in [0.15, 0.2) is 24.4 Å². The minimum absolute atomic E-state index is 0.551. The highest BCUT2D eigenvalue weighted by Crippen LogP contribution is 2.27. The smallest absolute Gasteiger partial charge is 0.0575 e. The summed E-state index contributed by atoms with van der Waals surface area (Å²) in [5.41, 5.74) is 1.23. The Balaban J connectivity index is 2.15. The van der Waals surface area contributed by atoms with Gasteiger partial charge >= 0.3 is 0 Å². The molecule has 0 saturated carbocycles. The zero-order valence-electron chi connectivity index (χ0n) is 8.11. The molecule has 1 saturated heterocycles. The van der Waals surface area contributed by atoms with Crippen LogP contribution >= 0.6 is 0 Å². The second-order valence-corrected chi connectivity index (χ2v) is 3.75. The molecule has 0 N–H and O–H groups in total. The van der Waals surface area contributed by atoms with Crippen molar-refractivity contribution in [3.05, 3.63) is 30.1 Å². The Morgan fingerprint density at radius 3 is 3.00 bits per heavy atom. The molecule has 2 heteroatoms. The molecule has 2 rings (SSSR count). The molecule has 2 nitrogen and oxygen atoms in total. The molecular formula is C11H16N2. The highest BCUT2D eigenvalue weighted by molar-refractivity contribution is 5.09. The van der Waals surface area contributed by atoms with Gasteiger partial charge in [-0.1, -0.05) is 12.5 Å². The van der Waals surface area contributed by atoms with Crippen molar-refractivity contribution in [2.75, 3.05) is 13.6 Å². The van der Waals surface area contributed by atoms with Crippen molar-refractivity contribution in [3.63, 3.8) is 0 Å². The van der Waals surface area contributed by atoms with Gasteiger partial charge in [-0.3, -0.25) is 9.88 Å². The van der Waals surface area contributed by atoms with E-state index < -0.39 is 0 Å². The quantitative estimate of drug-likeness (QED) is 0.652. The lowest BCUT2D eigenvalue weighted by Gasteiger charge is -2.31. The van der Waals surface area contributed by atoms with Crippen LogP contribution in [-0.4, -0.2) is 23.5 Å². The van der Waals surface area contributed by atoms with Crippen LogP contribution in [-0.2, 0) is 0 Å². The molecular weight excluding hydrogens is 160 g/mol. The van der Waals surface area contributed by atoms with Gasteiger partial charge in [0.05, 0.1) is 11.7 Å². The fourth-order valence-corrected chi connectivity index (χ4v) is 2.02. The van der Waals surface area contributed by atoms with E-state index in [2.05, 4.69) is 29.1 Å². The molecule has 1 aliphatic rings. The fraction of sp³-hybridized carbons (Fsp3) is 0.545. The largest absolute Gasteiger partial charge is 0.298 e. The molecule has 1 atom stereocenters. The van der Waals surface area contributed by atoms with Crippen molar-refractivity contribution in [1.82, 2.24) is 9.88 Å². The van der Waals surface area contributed by atoms with Crippen LogP contribution in [0.3, 0.4) is 0 Å². The molecule has 0 radical (unpaired) electrons. The minimum Gasteiger partial charge on any atom is -0.298 e. The number of rotatable bonds is 1. The number of likely N-dealkylation sites (tertiary alicyclic amines) is 1. The lowest BCUT2D eigenvalue weighted by atomic mass is 10.00. The van der Waals surface area contributed by atoms with Crippen LogP contribution in [0.5, 0.6) is 0 Å². The molecule has 1 fully saturated rings. The monoisotopic (exact) mass is 176 g/mol. The standard InChI is InChI=1S/C11H16N2/c1-13-9-5-3-7-11(13)10-6-2-4-8-12-10/h2,4,6,8,11H,3,5,7,9H2,1H3. The molecule has 0 spiro atoms. The summed E-state index contributed by atoms with van der Waals surface area (Å²) >= 11 is 0. The van der Waals surface area contributed by atoms with Gasteiger partial charge in [0.15, 0.2) is 0 Å². The third-order valence-corrected chi connectivity index (χ3v) is 2.80. The molecule has 0 aromatic carbocycles. The molecule has 1 unspecified atom stereocenters. The number of hydrogen-bond acceptors (Lipinski definition) is 2. The first-order valence-corrected chi connectivity index (χ1v) is 4.99. The maximum absolute atomic E-state index is 4.41. The van der Waals surface area contributed by atoms with Crippen LogP contribution in [0.4, 0.5) is 0 Å².